The van der Waals surface area contributed by atoms with Crippen molar-refractivity contribution in [3.05, 3.63) is 116 Å². The standard InChI is InChI=1S/C35H32F3N5O3/c1-21-10-11-25(22(2)16-21)20-43-31(19-26(35(36,37)38)32(39-3)33(43)44)28-9-6-8-27(40-28)23-12-13-24-18-30(41-29(24)17-23)34(45)46-15-7-14-42(4)5/h6,8-13,16-19,41H,7,14-15,20H2,1-2,4-5H3. The monoisotopic (exact) mass is 627 g/mol. The molecular formula is C35H32F3N5O3. The van der Waals surface area contributed by atoms with Gasteiger partial charge in [0.25, 0.3) is 11.2 Å². The molecule has 0 radical (unpaired) electrons. The predicted octanol–water partition coefficient (Wildman–Crippen LogP) is 7.40. The molecule has 1 N–H and O–H groups in total. The number of fused-ring (bicyclic) bond motifs is 1. The van der Waals surface area contributed by atoms with Gasteiger partial charge in [0, 0.05) is 23.0 Å². The zero-order chi connectivity index (χ0) is 33.2. The molecule has 46 heavy (non-hydrogen) atoms. The molecule has 3 aromatic heterocycles. The van der Waals surface area contributed by atoms with E-state index in [1.54, 1.807) is 36.4 Å². The van der Waals surface area contributed by atoms with Gasteiger partial charge in [-0.3, -0.25) is 4.79 Å². The van der Waals surface area contributed by atoms with Gasteiger partial charge in [-0.25, -0.2) is 14.6 Å². The van der Waals surface area contributed by atoms with Crippen LogP contribution in [0.4, 0.5) is 18.9 Å². The van der Waals surface area contributed by atoms with Crippen LogP contribution in [0.25, 0.3) is 38.4 Å². The van der Waals surface area contributed by atoms with Gasteiger partial charge in [-0.05, 0) is 75.8 Å². The number of benzene rings is 2. The largest absolute Gasteiger partial charge is 0.461 e. The van der Waals surface area contributed by atoms with E-state index in [1.165, 1.54) is 10.6 Å². The minimum absolute atomic E-state index is 0.0463. The lowest BCUT2D eigenvalue weighted by Gasteiger charge is -2.19. The number of aromatic amines is 1. The van der Waals surface area contributed by atoms with Gasteiger partial charge in [0.05, 0.1) is 42.4 Å². The smallest absolute Gasteiger partial charge is 0.407 e. The summed E-state index contributed by atoms with van der Waals surface area (Å²) in [5.41, 5.74) is 1.36. The molecule has 0 bridgehead atoms. The molecule has 3 heterocycles. The average Bonchev–Trinajstić information content (AvgIpc) is 3.44. The third-order valence-electron chi connectivity index (χ3n) is 7.65. The molecule has 236 valence electrons. The molecule has 0 saturated carbocycles. The maximum Gasteiger partial charge on any atom is 0.407 e. The summed E-state index contributed by atoms with van der Waals surface area (Å²) in [7, 11) is 3.88. The fraction of sp³-hybridized carbons (Fsp3) is 0.257. The van der Waals surface area contributed by atoms with Gasteiger partial charge in [0.1, 0.15) is 5.69 Å². The van der Waals surface area contributed by atoms with Crippen molar-refractivity contribution in [1.82, 2.24) is 19.4 Å². The van der Waals surface area contributed by atoms with Crippen LogP contribution >= 0.6 is 0 Å². The van der Waals surface area contributed by atoms with Crippen molar-refractivity contribution in [2.45, 2.75) is 33.0 Å². The number of aryl methyl sites for hydroxylation is 2. The summed E-state index contributed by atoms with van der Waals surface area (Å²) in [4.78, 5) is 38.8. The van der Waals surface area contributed by atoms with Crippen molar-refractivity contribution >= 4 is 22.6 Å². The van der Waals surface area contributed by atoms with Crippen LogP contribution in [0, 0.1) is 20.4 Å². The maximum absolute atomic E-state index is 14.1. The number of pyridine rings is 2. The number of hydrogen-bond acceptors (Lipinski definition) is 5. The predicted molar refractivity (Wildman–Crippen MR) is 171 cm³/mol. The SMILES string of the molecule is [C-]#[N+]c1c(C(F)(F)F)cc(-c2cccc(-c3ccc4cc(C(=O)OCCCN(C)C)[nH]c4c3)n2)n(Cc2ccc(C)cc2C)c1=O. The van der Waals surface area contributed by atoms with E-state index < -0.39 is 29.0 Å². The Hall–Kier alpha value is -5.21. The first-order chi connectivity index (χ1) is 21.8. The Bertz CT molecular complexity index is 2040. The van der Waals surface area contributed by atoms with E-state index in [1.807, 2.05) is 51.0 Å². The second kappa shape index (κ2) is 13.0. The van der Waals surface area contributed by atoms with Crippen LogP contribution in [0.5, 0.6) is 0 Å². The first-order valence-electron chi connectivity index (χ1n) is 14.6. The minimum Gasteiger partial charge on any atom is -0.461 e. The third kappa shape index (κ3) is 6.87. The summed E-state index contributed by atoms with van der Waals surface area (Å²) in [6.45, 7) is 12.2. The van der Waals surface area contributed by atoms with Crippen LogP contribution in [0.2, 0.25) is 0 Å². The van der Waals surface area contributed by atoms with Crippen molar-refractivity contribution in [2.75, 3.05) is 27.2 Å². The van der Waals surface area contributed by atoms with E-state index in [0.717, 1.165) is 34.7 Å². The maximum atomic E-state index is 14.1. The van der Waals surface area contributed by atoms with Crippen LogP contribution in [-0.2, 0) is 17.5 Å². The zero-order valence-electron chi connectivity index (χ0n) is 25.8. The number of nitrogens with zero attached hydrogens (tertiary/aromatic N) is 4. The number of H-pyrrole nitrogens is 1. The highest BCUT2D eigenvalue weighted by atomic mass is 19.4. The minimum atomic E-state index is -4.92. The third-order valence-corrected chi connectivity index (χ3v) is 7.65. The number of ether oxygens (including phenoxy) is 1. The topological polar surface area (TPSA) is 84.6 Å². The summed E-state index contributed by atoms with van der Waals surface area (Å²) in [6, 6.07) is 18.4. The molecule has 5 aromatic rings. The number of rotatable bonds is 9. The Morgan fingerprint density at radius 3 is 2.50 bits per heavy atom. The molecule has 0 aliphatic rings. The van der Waals surface area contributed by atoms with Gasteiger partial charge in [0.15, 0.2) is 0 Å². The van der Waals surface area contributed by atoms with E-state index in [2.05, 4.69) is 14.8 Å². The van der Waals surface area contributed by atoms with Gasteiger partial charge < -0.3 is 19.2 Å². The Balaban J connectivity index is 1.55. The molecule has 0 spiro atoms. The summed E-state index contributed by atoms with van der Waals surface area (Å²) < 4.78 is 48.9. The van der Waals surface area contributed by atoms with Gasteiger partial charge in [-0.1, -0.05) is 42.0 Å². The number of carbonyl (C=O) groups is 1. The molecule has 0 atom stereocenters. The Morgan fingerprint density at radius 2 is 1.80 bits per heavy atom. The van der Waals surface area contributed by atoms with E-state index in [9.17, 15) is 22.8 Å². The lowest BCUT2D eigenvalue weighted by atomic mass is 10.0. The summed E-state index contributed by atoms with van der Waals surface area (Å²) >= 11 is 0. The van der Waals surface area contributed by atoms with Crippen LogP contribution < -0.4 is 5.56 Å². The van der Waals surface area contributed by atoms with E-state index in [-0.39, 0.29) is 24.5 Å². The molecule has 2 aromatic carbocycles. The molecule has 0 amide bonds. The van der Waals surface area contributed by atoms with Crippen LogP contribution in [-0.4, -0.2) is 52.7 Å². The van der Waals surface area contributed by atoms with E-state index in [4.69, 9.17) is 11.3 Å². The normalized spacial score (nSPS) is 11.6. The summed E-state index contributed by atoms with van der Waals surface area (Å²) in [6.07, 6.45) is -4.22. The number of carbonyl (C=O) groups excluding carboxylic acids is 1. The lowest BCUT2D eigenvalue weighted by Crippen LogP contribution is -2.26. The number of esters is 1. The lowest BCUT2D eigenvalue weighted by molar-refractivity contribution is -0.136. The Kier molecular flexibility index (Phi) is 9.12. The number of aromatic nitrogens is 3. The van der Waals surface area contributed by atoms with Crippen molar-refractivity contribution in [2.24, 2.45) is 0 Å². The van der Waals surface area contributed by atoms with Gasteiger partial charge in [-0.15, -0.1) is 0 Å². The van der Waals surface area contributed by atoms with Crippen molar-refractivity contribution < 1.29 is 22.7 Å². The Morgan fingerprint density at radius 1 is 1.04 bits per heavy atom. The average molecular weight is 628 g/mol. The fourth-order valence-electron chi connectivity index (χ4n) is 5.28. The Labute approximate surface area is 263 Å². The second-order valence-electron chi connectivity index (χ2n) is 11.4. The second-order valence-corrected chi connectivity index (χ2v) is 11.4. The van der Waals surface area contributed by atoms with Crippen LogP contribution in [0.1, 0.15) is 39.2 Å². The van der Waals surface area contributed by atoms with Crippen molar-refractivity contribution in [3.8, 4) is 22.6 Å². The highest BCUT2D eigenvalue weighted by Crippen LogP contribution is 2.37. The molecular weight excluding hydrogens is 595 g/mol. The number of hydrogen-bond donors (Lipinski definition) is 1. The summed E-state index contributed by atoms with van der Waals surface area (Å²) in [5, 5.41) is 0.770. The highest BCUT2D eigenvalue weighted by molar-refractivity contribution is 5.96. The zero-order valence-corrected chi connectivity index (χ0v) is 25.8. The fourth-order valence-corrected chi connectivity index (χ4v) is 5.28. The molecule has 11 heteroatoms. The van der Waals surface area contributed by atoms with Crippen LogP contribution in [0.3, 0.4) is 0 Å². The highest BCUT2D eigenvalue weighted by Gasteiger charge is 2.36. The number of halogens is 3. The quantitative estimate of drug-likeness (QED) is 0.105. The number of alkyl halides is 3. The first-order valence-corrected chi connectivity index (χ1v) is 14.6. The van der Waals surface area contributed by atoms with Gasteiger partial charge >= 0.3 is 12.1 Å². The molecule has 0 unspecified atom stereocenters. The molecule has 8 nitrogen and oxygen atoms in total. The number of nitrogens with one attached hydrogen (secondary N) is 1. The van der Waals surface area contributed by atoms with Gasteiger partial charge in [0.2, 0.25) is 0 Å². The van der Waals surface area contributed by atoms with E-state index in [0.29, 0.717) is 28.9 Å². The molecule has 0 fully saturated rings. The first kappa shape index (κ1) is 32.2. The molecule has 0 aliphatic heterocycles. The van der Waals surface area contributed by atoms with Crippen LogP contribution in [0.15, 0.2) is 71.5 Å². The molecule has 5 rings (SSSR count). The summed E-state index contributed by atoms with van der Waals surface area (Å²) in [5.74, 6) is -0.471. The molecule has 0 aliphatic carbocycles. The van der Waals surface area contributed by atoms with E-state index >= 15 is 0 Å². The molecule has 0 saturated heterocycles. The van der Waals surface area contributed by atoms with Crippen molar-refractivity contribution in [1.29, 1.82) is 0 Å². The van der Waals surface area contributed by atoms with Crippen molar-refractivity contribution in [3.63, 3.8) is 0 Å². The van der Waals surface area contributed by atoms with Gasteiger partial charge in [-0.2, -0.15) is 13.2 Å².